The van der Waals surface area contributed by atoms with Crippen LogP contribution in [0.1, 0.15) is 0 Å². The Morgan fingerprint density at radius 2 is 1.57 bits per heavy atom. The van der Waals surface area contributed by atoms with Crippen LogP contribution in [0.2, 0.25) is 15.1 Å². The fourth-order valence-corrected chi connectivity index (χ4v) is 2.72. The van der Waals surface area contributed by atoms with Crippen molar-refractivity contribution >= 4 is 34.8 Å². The highest BCUT2D eigenvalue weighted by Gasteiger charge is 2.11. The van der Waals surface area contributed by atoms with Crippen molar-refractivity contribution in [2.45, 2.75) is 0 Å². The Morgan fingerprint density at radius 1 is 0.826 bits per heavy atom. The van der Waals surface area contributed by atoms with Gasteiger partial charge < -0.3 is 4.98 Å². The first-order valence-electron chi connectivity index (χ1n) is 6.54. The van der Waals surface area contributed by atoms with E-state index in [1.807, 2.05) is 0 Å². The van der Waals surface area contributed by atoms with E-state index in [1.165, 1.54) is 18.2 Å². The number of nitrogens with zero attached hydrogens (tertiary/aromatic N) is 1. The van der Waals surface area contributed by atoms with Gasteiger partial charge in [-0.05, 0) is 24.3 Å². The van der Waals surface area contributed by atoms with E-state index in [-0.39, 0.29) is 5.02 Å². The Hall–Kier alpha value is -2.01. The Kier molecular flexibility index (Phi) is 4.31. The van der Waals surface area contributed by atoms with Crippen LogP contribution in [0.5, 0.6) is 0 Å². The molecular formula is C16H9Cl3N2O2. The molecule has 7 heteroatoms. The minimum absolute atomic E-state index is 0.255. The molecule has 1 heterocycles. The molecule has 0 aliphatic heterocycles. The minimum atomic E-state index is -0.592. The topological polar surface area (TPSA) is 54.9 Å². The summed E-state index contributed by atoms with van der Waals surface area (Å²) < 4.78 is 0.975. The molecule has 0 saturated heterocycles. The van der Waals surface area contributed by atoms with Crippen LogP contribution in [0, 0.1) is 0 Å². The van der Waals surface area contributed by atoms with Gasteiger partial charge in [0, 0.05) is 16.7 Å². The summed E-state index contributed by atoms with van der Waals surface area (Å²) in [7, 11) is 0. The van der Waals surface area contributed by atoms with Crippen molar-refractivity contribution in [3.8, 4) is 16.9 Å². The molecule has 2 aromatic carbocycles. The highest BCUT2D eigenvalue weighted by Crippen LogP contribution is 2.25. The highest BCUT2D eigenvalue weighted by atomic mass is 35.5. The van der Waals surface area contributed by atoms with E-state index in [1.54, 1.807) is 30.3 Å². The van der Waals surface area contributed by atoms with Crippen LogP contribution in [0.4, 0.5) is 0 Å². The predicted octanol–water partition coefficient (Wildman–Crippen LogP) is 4.15. The molecule has 0 unspecified atom stereocenters. The number of nitrogens with one attached hydrogen (secondary N) is 1. The number of hydrogen-bond acceptors (Lipinski definition) is 2. The second kappa shape index (κ2) is 6.24. The first kappa shape index (κ1) is 15.9. The number of aromatic amines is 1. The summed E-state index contributed by atoms with van der Waals surface area (Å²) in [5.74, 6) is 0. The maximum atomic E-state index is 12.4. The van der Waals surface area contributed by atoms with Crippen LogP contribution in [-0.4, -0.2) is 9.55 Å². The largest absolute Gasteiger partial charge is 0.333 e. The second-order valence-electron chi connectivity index (χ2n) is 4.74. The van der Waals surface area contributed by atoms with Crippen molar-refractivity contribution in [1.29, 1.82) is 0 Å². The zero-order valence-corrected chi connectivity index (χ0v) is 13.8. The molecule has 0 saturated carbocycles. The van der Waals surface area contributed by atoms with E-state index >= 15 is 0 Å². The van der Waals surface area contributed by atoms with E-state index in [4.69, 9.17) is 34.8 Å². The van der Waals surface area contributed by atoms with Gasteiger partial charge in [0.05, 0.1) is 21.4 Å². The maximum absolute atomic E-state index is 12.4. The standard InChI is InChI=1S/C16H9Cl3N2O2/c17-11-4-2-1-3-10(11)14-8-15(22)21(16(23)20-14)9-5-6-12(18)13(19)7-9/h1-8H,(H,20,23). The first-order valence-corrected chi connectivity index (χ1v) is 7.67. The summed E-state index contributed by atoms with van der Waals surface area (Å²) in [5.41, 5.74) is 0.163. The average molecular weight is 368 g/mol. The molecule has 0 aliphatic rings. The van der Waals surface area contributed by atoms with Gasteiger partial charge in [-0.15, -0.1) is 0 Å². The van der Waals surface area contributed by atoms with Crippen molar-refractivity contribution < 1.29 is 0 Å². The smallest absolute Gasteiger partial charge is 0.306 e. The summed E-state index contributed by atoms with van der Waals surface area (Å²) in [6.45, 7) is 0. The molecule has 0 bridgehead atoms. The SMILES string of the molecule is O=c1cc(-c2ccccc2Cl)[nH]c(=O)n1-c1ccc(Cl)c(Cl)c1. The molecule has 0 radical (unpaired) electrons. The highest BCUT2D eigenvalue weighted by molar-refractivity contribution is 6.42. The van der Waals surface area contributed by atoms with Gasteiger partial charge in [0.25, 0.3) is 5.56 Å². The molecule has 116 valence electrons. The molecule has 0 spiro atoms. The normalized spacial score (nSPS) is 10.7. The third kappa shape index (κ3) is 3.06. The first-order chi connectivity index (χ1) is 11.0. The third-order valence-corrected chi connectivity index (χ3v) is 4.33. The number of aromatic nitrogens is 2. The van der Waals surface area contributed by atoms with Gasteiger partial charge in [0.15, 0.2) is 0 Å². The molecular weight excluding hydrogens is 359 g/mol. The maximum Gasteiger partial charge on any atom is 0.333 e. The molecule has 23 heavy (non-hydrogen) atoms. The van der Waals surface area contributed by atoms with E-state index < -0.39 is 11.2 Å². The van der Waals surface area contributed by atoms with E-state index in [9.17, 15) is 9.59 Å². The molecule has 4 nitrogen and oxygen atoms in total. The van der Waals surface area contributed by atoms with Gasteiger partial charge in [-0.1, -0.05) is 53.0 Å². The molecule has 1 aromatic heterocycles. The van der Waals surface area contributed by atoms with Gasteiger partial charge in [-0.2, -0.15) is 0 Å². The van der Waals surface area contributed by atoms with Crippen LogP contribution in [0.15, 0.2) is 58.1 Å². The van der Waals surface area contributed by atoms with Gasteiger partial charge in [0.2, 0.25) is 0 Å². The molecule has 0 aliphatic carbocycles. The fourth-order valence-electron chi connectivity index (χ4n) is 2.19. The number of rotatable bonds is 2. The van der Waals surface area contributed by atoms with Gasteiger partial charge in [-0.25, -0.2) is 9.36 Å². The van der Waals surface area contributed by atoms with Crippen molar-refractivity contribution in [3.05, 3.63) is 84.4 Å². The van der Waals surface area contributed by atoms with Crippen LogP contribution in [0.25, 0.3) is 16.9 Å². The summed E-state index contributed by atoms with van der Waals surface area (Å²) >= 11 is 17.9. The zero-order valence-electron chi connectivity index (χ0n) is 11.5. The van der Waals surface area contributed by atoms with Crippen molar-refractivity contribution in [2.24, 2.45) is 0 Å². The number of benzene rings is 2. The zero-order chi connectivity index (χ0) is 16.6. The van der Waals surface area contributed by atoms with Gasteiger partial charge >= 0.3 is 5.69 Å². The summed E-state index contributed by atoms with van der Waals surface area (Å²) in [6, 6.07) is 12.8. The third-order valence-electron chi connectivity index (χ3n) is 3.26. The van der Waals surface area contributed by atoms with E-state index in [0.717, 1.165) is 4.57 Å². The minimum Gasteiger partial charge on any atom is -0.306 e. The fraction of sp³-hybridized carbons (Fsp3) is 0. The molecule has 0 fully saturated rings. The summed E-state index contributed by atoms with van der Waals surface area (Å²) in [4.78, 5) is 27.3. The molecule has 3 aromatic rings. The molecule has 3 rings (SSSR count). The van der Waals surface area contributed by atoms with Crippen molar-refractivity contribution in [1.82, 2.24) is 9.55 Å². The number of H-pyrrole nitrogens is 1. The molecule has 0 amide bonds. The number of halogens is 3. The average Bonchev–Trinajstić information content (AvgIpc) is 2.50. The quantitative estimate of drug-likeness (QED) is 0.739. The van der Waals surface area contributed by atoms with Gasteiger partial charge in [-0.3, -0.25) is 4.79 Å². The lowest BCUT2D eigenvalue weighted by atomic mass is 10.1. The molecule has 1 N–H and O–H groups in total. The summed E-state index contributed by atoms with van der Waals surface area (Å²) in [5, 5.41) is 1.04. The van der Waals surface area contributed by atoms with Crippen LogP contribution in [-0.2, 0) is 0 Å². The monoisotopic (exact) mass is 366 g/mol. The Morgan fingerprint density at radius 3 is 2.22 bits per heavy atom. The Labute approximate surface area is 145 Å². The van der Waals surface area contributed by atoms with Crippen LogP contribution in [0.3, 0.4) is 0 Å². The van der Waals surface area contributed by atoms with Gasteiger partial charge in [0.1, 0.15) is 0 Å². The van der Waals surface area contributed by atoms with Crippen LogP contribution < -0.4 is 11.2 Å². The Balaban J connectivity index is 2.19. The second-order valence-corrected chi connectivity index (χ2v) is 5.96. The van der Waals surface area contributed by atoms with E-state index in [0.29, 0.717) is 27.0 Å². The lowest BCUT2D eigenvalue weighted by Crippen LogP contribution is -2.33. The van der Waals surface area contributed by atoms with Crippen molar-refractivity contribution in [3.63, 3.8) is 0 Å². The summed E-state index contributed by atoms with van der Waals surface area (Å²) in [6.07, 6.45) is 0. The van der Waals surface area contributed by atoms with Crippen molar-refractivity contribution in [2.75, 3.05) is 0 Å². The Bertz CT molecular complexity index is 977. The molecule has 0 atom stereocenters. The van der Waals surface area contributed by atoms with E-state index in [2.05, 4.69) is 4.98 Å². The lowest BCUT2D eigenvalue weighted by Gasteiger charge is -2.08. The lowest BCUT2D eigenvalue weighted by molar-refractivity contribution is 0.879. The number of hydrogen-bond donors (Lipinski definition) is 1. The van der Waals surface area contributed by atoms with Crippen LogP contribution >= 0.6 is 34.8 Å². The predicted molar refractivity (Wildman–Crippen MR) is 93.1 cm³/mol.